The molecule has 0 unspecified atom stereocenters. The minimum absolute atomic E-state index is 0.177. The Morgan fingerprint density at radius 3 is 2.38 bits per heavy atom. The zero-order valence-corrected chi connectivity index (χ0v) is 13.1. The Kier molecular flexibility index (Phi) is 6.83. The fraction of sp³-hybridized carbons (Fsp3) is 0.308. The molecule has 0 aliphatic heterocycles. The molecule has 21 heavy (non-hydrogen) atoms. The maximum atomic E-state index is 11.7. The van der Waals surface area contributed by atoms with Gasteiger partial charge in [0.25, 0.3) is 0 Å². The Labute approximate surface area is 130 Å². The van der Waals surface area contributed by atoms with Gasteiger partial charge in [0.1, 0.15) is 0 Å². The van der Waals surface area contributed by atoms with Crippen LogP contribution in [-0.2, 0) is 14.4 Å². The van der Waals surface area contributed by atoms with Crippen molar-refractivity contribution in [3.05, 3.63) is 28.2 Å². The molecule has 0 saturated heterocycles. The van der Waals surface area contributed by atoms with Gasteiger partial charge in [-0.1, -0.05) is 22.0 Å². The Balaban J connectivity index is 2.39. The zero-order chi connectivity index (χ0) is 15.8. The molecule has 5 N–H and O–H groups in total. The Hall–Kier alpha value is -1.93. The number of hydrogen-bond donors (Lipinski definition) is 4. The Morgan fingerprint density at radius 1 is 1.10 bits per heavy atom. The number of anilines is 1. The number of nitrogens with one attached hydrogen (secondary N) is 3. The second kappa shape index (κ2) is 8.38. The van der Waals surface area contributed by atoms with Crippen molar-refractivity contribution in [2.45, 2.75) is 6.92 Å². The number of aryl methyl sites for hydroxylation is 1. The van der Waals surface area contributed by atoms with Crippen LogP contribution >= 0.6 is 15.9 Å². The van der Waals surface area contributed by atoms with Crippen molar-refractivity contribution in [2.24, 2.45) is 5.73 Å². The van der Waals surface area contributed by atoms with Crippen molar-refractivity contribution in [1.29, 1.82) is 0 Å². The normalized spacial score (nSPS) is 9.86. The molecule has 114 valence electrons. The lowest BCUT2D eigenvalue weighted by Gasteiger charge is -2.10. The predicted molar refractivity (Wildman–Crippen MR) is 82.6 cm³/mol. The van der Waals surface area contributed by atoms with Gasteiger partial charge in [-0.25, -0.2) is 0 Å². The molecule has 1 rings (SSSR count). The molecule has 0 aliphatic carbocycles. The molecule has 0 aliphatic rings. The highest BCUT2D eigenvalue weighted by Gasteiger charge is 2.08. The van der Waals surface area contributed by atoms with Crippen LogP contribution in [0.15, 0.2) is 22.7 Å². The largest absolute Gasteiger partial charge is 0.346 e. The molecule has 8 heteroatoms. The highest BCUT2D eigenvalue weighted by molar-refractivity contribution is 9.10. The number of carbonyl (C=O) groups is 3. The van der Waals surface area contributed by atoms with Crippen LogP contribution in [0.4, 0.5) is 5.69 Å². The predicted octanol–water partition coefficient (Wildman–Crippen LogP) is -0.113. The summed E-state index contributed by atoms with van der Waals surface area (Å²) in [4.78, 5) is 34.0. The number of carbonyl (C=O) groups excluding carboxylic acids is 3. The summed E-state index contributed by atoms with van der Waals surface area (Å²) in [6, 6.07) is 5.50. The third-order valence-electron chi connectivity index (χ3n) is 2.55. The first-order valence-electron chi connectivity index (χ1n) is 6.22. The average molecular weight is 357 g/mol. The van der Waals surface area contributed by atoms with Crippen LogP contribution < -0.4 is 21.7 Å². The van der Waals surface area contributed by atoms with E-state index in [2.05, 4.69) is 31.9 Å². The highest BCUT2D eigenvalue weighted by Crippen LogP contribution is 2.20. The van der Waals surface area contributed by atoms with Gasteiger partial charge in [-0.2, -0.15) is 0 Å². The van der Waals surface area contributed by atoms with E-state index in [0.29, 0.717) is 5.69 Å². The molecule has 1 aromatic carbocycles. The Morgan fingerprint density at radius 2 is 1.71 bits per heavy atom. The molecule has 1 aromatic rings. The van der Waals surface area contributed by atoms with Crippen LogP contribution in [0.3, 0.4) is 0 Å². The van der Waals surface area contributed by atoms with E-state index in [1.54, 1.807) is 6.07 Å². The molecule has 0 bridgehead atoms. The monoisotopic (exact) mass is 356 g/mol. The van der Waals surface area contributed by atoms with Gasteiger partial charge in [-0.05, 0) is 24.6 Å². The summed E-state index contributed by atoms with van der Waals surface area (Å²) in [5.74, 6) is -1.24. The molecule has 0 spiro atoms. The van der Waals surface area contributed by atoms with E-state index in [4.69, 9.17) is 5.73 Å². The van der Waals surface area contributed by atoms with Crippen molar-refractivity contribution in [2.75, 3.05) is 25.0 Å². The third-order valence-corrected chi connectivity index (χ3v) is 3.04. The van der Waals surface area contributed by atoms with Crippen LogP contribution in [0, 0.1) is 6.92 Å². The van der Waals surface area contributed by atoms with Gasteiger partial charge in [-0.3, -0.25) is 14.4 Å². The van der Waals surface area contributed by atoms with Crippen molar-refractivity contribution in [1.82, 2.24) is 10.6 Å². The maximum absolute atomic E-state index is 11.7. The number of halogens is 1. The molecule has 3 amide bonds. The third kappa shape index (κ3) is 6.37. The van der Waals surface area contributed by atoms with Gasteiger partial charge >= 0.3 is 0 Å². The molecular weight excluding hydrogens is 340 g/mol. The minimum Gasteiger partial charge on any atom is -0.346 e. The molecule has 0 fully saturated rings. The lowest BCUT2D eigenvalue weighted by molar-refractivity contribution is -0.126. The number of hydrogen-bond acceptors (Lipinski definition) is 4. The number of nitrogens with two attached hydrogens (primary N) is 1. The second-order valence-corrected chi connectivity index (χ2v) is 5.18. The van der Waals surface area contributed by atoms with E-state index >= 15 is 0 Å². The van der Waals surface area contributed by atoms with Gasteiger partial charge in [0.05, 0.1) is 19.6 Å². The zero-order valence-electron chi connectivity index (χ0n) is 11.5. The van der Waals surface area contributed by atoms with E-state index in [1.807, 2.05) is 19.1 Å². The van der Waals surface area contributed by atoms with Gasteiger partial charge < -0.3 is 21.7 Å². The summed E-state index contributed by atoms with van der Waals surface area (Å²) in [5, 5.41) is 7.40. The molecule has 7 nitrogen and oxygen atoms in total. The second-order valence-electron chi connectivity index (χ2n) is 4.27. The highest BCUT2D eigenvalue weighted by atomic mass is 79.9. The fourth-order valence-corrected chi connectivity index (χ4v) is 1.78. The van der Waals surface area contributed by atoms with Crippen molar-refractivity contribution >= 4 is 39.3 Å². The van der Waals surface area contributed by atoms with Crippen LogP contribution in [0.1, 0.15) is 5.56 Å². The van der Waals surface area contributed by atoms with Gasteiger partial charge in [-0.15, -0.1) is 0 Å². The van der Waals surface area contributed by atoms with Crippen molar-refractivity contribution in [3.63, 3.8) is 0 Å². The van der Waals surface area contributed by atoms with Crippen molar-refractivity contribution in [3.8, 4) is 0 Å². The van der Waals surface area contributed by atoms with Crippen LogP contribution in [-0.4, -0.2) is 37.4 Å². The molecular formula is C13H17BrN4O3. The fourth-order valence-electron chi connectivity index (χ4n) is 1.42. The molecule has 0 heterocycles. The number of rotatable bonds is 6. The van der Waals surface area contributed by atoms with Crippen molar-refractivity contribution < 1.29 is 14.4 Å². The van der Waals surface area contributed by atoms with Crippen LogP contribution in [0.25, 0.3) is 0 Å². The first-order valence-corrected chi connectivity index (χ1v) is 7.01. The van der Waals surface area contributed by atoms with E-state index in [1.165, 1.54) is 0 Å². The van der Waals surface area contributed by atoms with E-state index < -0.39 is 11.8 Å². The average Bonchev–Trinajstić information content (AvgIpc) is 2.46. The molecule has 0 radical (unpaired) electrons. The summed E-state index contributed by atoms with van der Waals surface area (Å²) >= 11 is 3.32. The quantitative estimate of drug-likeness (QED) is 0.569. The number of benzene rings is 1. The summed E-state index contributed by atoms with van der Waals surface area (Å²) in [6.45, 7) is 1.29. The summed E-state index contributed by atoms with van der Waals surface area (Å²) < 4.78 is 0.844. The number of amides is 3. The Bertz CT molecular complexity index is 548. The summed E-state index contributed by atoms with van der Waals surface area (Å²) in [6.07, 6.45) is 0. The minimum atomic E-state index is -0.460. The first kappa shape index (κ1) is 17.1. The van der Waals surface area contributed by atoms with Gasteiger partial charge in [0, 0.05) is 10.2 Å². The van der Waals surface area contributed by atoms with Gasteiger partial charge in [0.15, 0.2) is 0 Å². The van der Waals surface area contributed by atoms with Crippen LogP contribution in [0.5, 0.6) is 0 Å². The van der Waals surface area contributed by atoms with Gasteiger partial charge in [0.2, 0.25) is 17.7 Å². The van der Waals surface area contributed by atoms with E-state index in [-0.39, 0.29) is 25.5 Å². The van der Waals surface area contributed by atoms with Crippen LogP contribution in [0.2, 0.25) is 0 Å². The summed E-state index contributed by atoms with van der Waals surface area (Å²) in [7, 11) is 0. The maximum Gasteiger partial charge on any atom is 0.243 e. The molecule has 0 saturated carbocycles. The lowest BCUT2D eigenvalue weighted by atomic mass is 10.2. The first-order chi connectivity index (χ1) is 9.92. The topological polar surface area (TPSA) is 113 Å². The van der Waals surface area contributed by atoms with E-state index in [9.17, 15) is 14.4 Å². The molecule has 0 atom stereocenters. The lowest BCUT2D eigenvalue weighted by Crippen LogP contribution is -2.41. The smallest absolute Gasteiger partial charge is 0.243 e. The molecule has 0 aromatic heterocycles. The standard InChI is InChI=1S/C13H17BrN4O3/c1-8-2-3-9(14)4-10(8)18-13(21)7-17-12(20)6-16-11(19)5-15/h2-4H,5-7,15H2,1H3,(H,16,19)(H,17,20)(H,18,21). The SMILES string of the molecule is Cc1ccc(Br)cc1NC(=O)CNC(=O)CNC(=O)CN. The summed E-state index contributed by atoms with van der Waals surface area (Å²) in [5.41, 5.74) is 6.66. The van der Waals surface area contributed by atoms with E-state index in [0.717, 1.165) is 10.0 Å².